The SMILES string of the molecule is CCCN1C(=O)c2c(C(=O)NCc3cccc(Br)c3)ncn2C[C@@]1(C)C(=O)NC1CCCC1. The maximum Gasteiger partial charge on any atom is 0.273 e. The maximum atomic E-state index is 13.6. The van der Waals surface area contributed by atoms with Crippen molar-refractivity contribution in [3.8, 4) is 0 Å². The molecule has 2 heterocycles. The van der Waals surface area contributed by atoms with Crippen LogP contribution in [-0.4, -0.2) is 50.3 Å². The third-order valence-electron chi connectivity index (χ3n) is 6.54. The van der Waals surface area contributed by atoms with Crippen LogP contribution in [0.25, 0.3) is 0 Å². The normalized spacial score (nSPS) is 20.6. The van der Waals surface area contributed by atoms with Crippen LogP contribution >= 0.6 is 15.9 Å². The van der Waals surface area contributed by atoms with Crippen molar-refractivity contribution in [2.45, 2.75) is 70.6 Å². The van der Waals surface area contributed by atoms with E-state index in [4.69, 9.17) is 0 Å². The van der Waals surface area contributed by atoms with Gasteiger partial charge in [-0.15, -0.1) is 0 Å². The molecule has 1 aromatic carbocycles. The van der Waals surface area contributed by atoms with Gasteiger partial charge in [-0.05, 0) is 43.9 Å². The molecule has 9 heteroatoms. The molecule has 0 unspecified atom stereocenters. The van der Waals surface area contributed by atoms with Crippen LogP contribution in [0.1, 0.15) is 72.5 Å². The summed E-state index contributed by atoms with van der Waals surface area (Å²) < 4.78 is 2.57. The molecule has 2 aromatic rings. The number of nitrogens with zero attached hydrogens (tertiary/aromatic N) is 3. The summed E-state index contributed by atoms with van der Waals surface area (Å²) in [4.78, 5) is 45.7. The number of benzene rings is 1. The molecular formula is C24H30BrN5O3. The molecule has 4 rings (SSSR count). The van der Waals surface area contributed by atoms with Crippen LogP contribution in [0, 0.1) is 0 Å². The number of aromatic nitrogens is 2. The third kappa shape index (κ3) is 4.69. The molecule has 1 aliphatic carbocycles. The van der Waals surface area contributed by atoms with E-state index in [1.165, 1.54) is 6.33 Å². The van der Waals surface area contributed by atoms with E-state index in [0.29, 0.717) is 19.5 Å². The Morgan fingerprint density at radius 3 is 2.73 bits per heavy atom. The molecule has 0 bridgehead atoms. The number of hydrogen-bond donors (Lipinski definition) is 2. The summed E-state index contributed by atoms with van der Waals surface area (Å²) in [7, 11) is 0. The van der Waals surface area contributed by atoms with E-state index in [0.717, 1.165) is 35.7 Å². The Labute approximate surface area is 202 Å². The van der Waals surface area contributed by atoms with Gasteiger partial charge in [0.25, 0.3) is 11.8 Å². The number of rotatable bonds is 7. The zero-order valence-electron chi connectivity index (χ0n) is 19.1. The first kappa shape index (κ1) is 23.5. The second-order valence-corrected chi connectivity index (χ2v) is 9.98. The standard InChI is InChI=1S/C24H30BrN5O3/c1-3-11-30-22(32)20-19(21(31)26-13-16-7-6-8-17(25)12-16)27-15-29(20)14-24(30,2)23(33)28-18-9-4-5-10-18/h6-8,12,15,18H,3-5,9-11,13-14H2,1-2H3,(H,26,31)(H,28,33)/t24-/m0/s1. The van der Waals surface area contributed by atoms with Crippen molar-refractivity contribution in [1.82, 2.24) is 25.1 Å². The monoisotopic (exact) mass is 515 g/mol. The average molecular weight is 516 g/mol. The van der Waals surface area contributed by atoms with Gasteiger partial charge >= 0.3 is 0 Å². The summed E-state index contributed by atoms with van der Waals surface area (Å²) >= 11 is 3.42. The van der Waals surface area contributed by atoms with E-state index < -0.39 is 11.4 Å². The first-order valence-corrected chi connectivity index (χ1v) is 12.3. The van der Waals surface area contributed by atoms with Crippen molar-refractivity contribution in [3.63, 3.8) is 0 Å². The van der Waals surface area contributed by atoms with Gasteiger partial charge in [-0.1, -0.05) is 47.8 Å². The number of carbonyl (C=O) groups excluding carboxylic acids is 3. The highest BCUT2D eigenvalue weighted by Crippen LogP contribution is 2.30. The van der Waals surface area contributed by atoms with Crippen molar-refractivity contribution in [2.24, 2.45) is 0 Å². The number of fused-ring (bicyclic) bond motifs is 1. The van der Waals surface area contributed by atoms with Gasteiger partial charge in [-0.25, -0.2) is 4.98 Å². The van der Waals surface area contributed by atoms with E-state index in [-0.39, 0.29) is 35.8 Å². The smallest absolute Gasteiger partial charge is 0.273 e. The minimum absolute atomic E-state index is 0.0920. The third-order valence-corrected chi connectivity index (χ3v) is 7.04. The fourth-order valence-corrected chi connectivity index (χ4v) is 5.20. The van der Waals surface area contributed by atoms with Gasteiger partial charge in [0.1, 0.15) is 11.2 Å². The largest absolute Gasteiger partial charge is 0.351 e. The molecule has 2 N–H and O–H groups in total. The predicted molar refractivity (Wildman–Crippen MR) is 128 cm³/mol. The van der Waals surface area contributed by atoms with Crippen LogP contribution in [-0.2, 0) is 17.9 Å². The lowest BCUT2D eigenvalue weighted by Gasteiger charge is -2.44. The van der Waals surface area contributed by atoms with Gasteiger partial charge < -0.3 is 20.1 Å². The van der Waals surface area contributed by atoms with Gasteiger partial charge in [0, 0.05) is 23.6 Å². The first-order valence-electron chi connectivity index (χ1n) is 11.5. The Morgan fingerprint density at radius 1 is 1.27 bits per heavy atom. The predicted octanol–water partition coefficient (Wildman–Crippen LogP) is 3.26. The summed E-state index contributed by atoms with van der Waals surface area (Å²) in [6, 6.07) is 7.81. The van der Waals surface area contributed by atoms with Gasteiger partial charge in [0.2, 0.25) is 5.91 Å². The topological polar surface area (TPSA) is 96.3 Å². The molecule has 176 valence electrons. The second-order valence-electron chi connectivity index (χ2n) is 9.07. The summed E-state index contributed by atoms with van der Waals surface area (Å²) in [5, 5.41) is 6.00. The highest BCUT2D eigenvalue weighted by atomic mass is 79.9. The molecular weight excluding hydrogens is 486 g/mol. The van der Waals surface area contributed by atoms with Crippen molar-refractivity contribution >= 4 is 33.7 Å². The number of carbonyl (C=O) groups is 3. The quantitative estimate of drug-likeness (QED) is 0.591. The first-order chi connectivity index (χ1) is 15.8. The van der Waals surface area contributed by atoms with E-state index >= 15 is 0 Å². The zero-order valence-corrected chi connectivity index (χ0v) is 20.7. The summed E-state index contributed by atoms with van der Waals surface area (Å²) in [6.07, 6.45) is 6.37. The van der Waals surface area contributed by atoms with E-state index in [2.05, 4.69) is 31.5 Å². The molecule has 1 fully saturated rings. The number of nitrogens with one attached hydrogen (secondary N) is 2. The lowest BCUT2D eigenvalue weighted by atomic mass is 9.93. The molecule has 3 amide bonds. The average Bonchev–Trinajstić information content (AvgIpc) is 3.45. The Bertz CT molecular complexity index is 1060. The zero-order chi connectivity index (χ0) is 23.6. The van der Waals surface area contributed by atoms with E-state index in [1.807, 2.05) is 31.2 Å². The summed E-state index contributed by atoms with van der Waals surface area (Å²) in [5.41, 5.74) is 0.226. The van der Waals surface area contributed by atoms with E-state index in [1.54, 1.807) is 16.4 Å². The van der Waals surface area contributed by atoms with Crippen molar-refractivity contribution in [1.29, 1.82) is 0 Å². The highest BCUT2D eigenvalue weighted by molar-refractivity contribution is 9.10. The molecule has 0 saturated heterocycles. The minimum atomic E-state index is -1.03. The molecule has 1 aliphatic heterocycles. The van der Waals surface area contributed by atoms with Crippen molar-refractivity contribution in [3.05, 3.63) is 52.0 Å². The van der Waals surface area contributed by atoms with Gasteiger partial charge in [-0.3, -0.25) is 14.4 Å². The molecule has 1 saturated carbocycles. The Kier molecular flexibility index (Phi) is 6.88. The van der Waals surface area contributed by atoms with E-state index in [9.17, 15) is 14.4 Å². The molecule has 1 atom stereocenters. The number of imidazole rings is 1. The van der Waals surface area contributed by atoms with Gasteiger partial charge in [0.15, 0.2) is 5.69 Å². The molecule has 0 radical (unpaired) electrons. The van der Waals surface area contributed by atoms with Crippen molar-refractivity contribution in [2.75, 3.05) is 6.54 Å². The summed E-state index contributed by atoms with van der Waals surface area (Å²) in [6.45, 7) is 4.79. The maximum absolute atomic E-state index is 13.6. The molecule has 0 spiro atoms. The number of halogens is 1. The summed E-state index contributed by atoms with van der Waals surface area (Å²) in [5.74, 6) is -0.888. The van der Waals surface area contributed by atoms with Crippen LogP contribution < -0.4 is 10.6 Å². The fourth-order valence-electron chi connectivity index (χ4n) is 4.75. The Hall–Kier alpha value is -2.68. The molecule has 8 nitrogen and oxygen atoms in total. The molecule has 33 heavy (non-hydrogen) atoms. The molecule has 2 aliphatic rings. The molecule has 1 aromatic heterocycles. The van der Waals surface area contributed by atoms with Gasteiger partial charge in [0.05, 0.1) is 12.9 Å². The van der Waals surface area contributed by atoms with Crippen LogP contribution in [0.15, 0.2) is 35.1 Å². The van der Waals surface area contributed by atoms with Crippen molar-refractivity contribution < 1.29 is 14.4 Å². The lowest BCUT2D eigenvalue weighted by Crippen LogP contribution is -2.65. The Balaban J connectivity index is 1.56. The second kappa shape index (κ2) is 9.67. The minimum Gasteiger partial charge on any atom is -0.351 e. The van der Waals surface area contributed by atoms with Crippen LogP contribution in [0.3, 0.4) is 0 Å². The Morgan fingerprint density at radius 2 is 2.03 bits per heavy atom. The highest BCUT2D eigenvalue weighted by Gasteiger charge is 2.48. The fraction of sp³-hybridized carbons (Fsp3) is 0.500. The van der Waals surface area contributed by atoms with Crippen LogP contribution in [0.2, 0.25) is 0 Å². The number of amides is 3. The van der Waals surface area contributed by atoms with Gasteiger partial charge in [-0.2, -0.15) is 0 Å². The lowest BCUT2D eigenvalue weighted by molar-refractivity contribution is -0.133. The number of hydrogen-bond acceptors (Lipinski definition) is 4. The van der Waals surface area contributed by atoms with Crippen LogP contribution in [0.5, 0.6) is 0 Å². The van der Waals surface area contributed by atoms with Crippen LogP contribution in [0.4, 0.5) is 0 Å².